The molecule has 0 saturated carbocycles. The first-order valence-corrected chi connectivity index (χ1v) is 7.35. The Morgan fingerprint density at radius 3 is 2.75 bits per heavy atom. The third-order valence-corrected chi connectivity index (χ3v) is 3.31. The van der Waals surface area contributed by atoms with E-state index < -0.39 is 0 Å². The number of ether oxygens (including phenoxy) is 1. The number of halogens is 2. The Labute approximate surface area is 129 Å². The van der Waals surface area contributed by atoms with Gasteiger partial charge in [-0.05, 0) is 31.0 Å². The Bertz CT molecular complexity index is 466. The van der Waals surface area contributed by atoms with Crippen LogP contribution in [-0.4, -0.2) is 35.4 Å². The molecule has 0 fully saturated rings. The van der Waals surface area contributed by atoms with Crippen molar-refractivity contribution in [1.29, 1.82) is 0 Å². The Balaban J connectivity index is 2.79. The molecule has 0 unspecified atom stereocenters. The van der Waals surface area contributed by atoms with Crippen LogP contribution < -0.4 is 4.74 Å². The number of phenols is 1. The lowest BCUT2D eigenvalue weighted by atomic mass is 10.2. The lowest BCUT2D eigenvalue weighted by molar-refractivity contribution is -0.130. The summed E-state index contributed by atoms with van der Waals surface area (Å²) in [7, 11) is 1.72. The van der Waals surface area contributed by atoms with Crippen molar-refractivity contribution in [2.24, 2.45) is 0 Å². The summed E-state index contributed by atoms with van der Waals surface area (Å²) in [6, 6.07) is 3.32. The molecule has 1 amide bonds. The maximum Gasteiger partial charge on any atom is 0.222 e. The molecule has 1 aromatic carbocycles. The molecule has 0 aromatic heterocycles. The van der Waals surface area contributed by atoms with Crippen LogP contribution in [0.15, 0.2) is 12.1 Å². The third kappa shape index (κ3) is 4.76. The number of carbonyl (C=O) groups is 1. The van der Waals surface area contributed by atoms with Crippen LogP contribution >= 0.6 is 23.2 Å². The summed E-state index contributed by atoms with van der Waals surface area (Å²) in [4.78, 5) is 13.4. The van der Waals surface area contributed by atoms with E-state index in [9.17, 15) is 9.90 Å². The number of phenolic OH excluding ortho intramolecular Hbond substituents is 1. The van der Waals surface area contributed by atoms with Gasteiger partial charge in [0.2, 0.25) is 5.91 Å². The van der Waals surface area contributed by atoms with E-state index in [0.29, 0.717) is 37.6 Å². The van der Waals surface area contributed by atoms with Gasteiger partial charge >= 0.3 is 0 Å². The highest BCUT2D eigenvalue weighted by atomic mass is 35.5. The molecular formula is C14H19Cl2NO3. The van der Waals surface area contributed by atoms with Crippen molar-refractivity contribution in [3.63, 3.8) is 0 Å². The number of rotatable bonds is 7. The van der Waals surface area contributed by atoms with Crippen LogP contribution in [0.1, 0.15) is 25.3 Å². The van der Waals surface area contributed by atoms with Gasteiger partial charge in [0, 0.05) is 25.9 Å². The van der Waals surface area contributed by atoms with Gasteiger partial charge in [0.1, 0.15) is 0 Å². The van der Waals surface area contributed by atoms with Crippen molar-refractivity contribution < 1.29 is 14.6 Å². The van der Waals surface area contributed by atoms with Crippen LogP contribution in [0.2, 0.25) is 5.02 Å². The number of aromatic hydroxyl groups is 1. The topological polar surface area (TPSA) is 49.8 Å². The predicted octanol–water partition coefficient (Wildman–Crippen LogP) is 3.42. The van der Waals surface area contributed by atoms with Crippen molar-refractivity contribution in [3.8, 4) is 11.5 Å². The number of hydrogen-bond acceptors (Lipinski definition) is 3. The number of nitrogens with zero attached hydrogens (tertiary/aromatic N) is 1. The highest BCUT2D eigenvalue weighted by Gasteiger charge is 2.13. The van der Waals surface area contributed by atoms with Crippen LogP contribution in [0.3, 0.4) is 0 Å². The number of benzene rings is 1. The third-order valence-electron chi connectivity index (χ3n) is 2.76. The van der Waals surface area contributed by atoms with Gasteiger partial charge in [-0.2, -0.15) is 0 Å². The molecule has 0 aliphatic rings. The molecule has 0 bridgehead atoms. The average molecular weight is 320 g/mol. The lowest BCUT2D eigenvalue weighted by Crippen LogP contribution is -2.26. The minimum absolute atomic E-state index is 0.0211. The van der Waals surface area contributed by atoms with Gasteiger partial charge in [0.05, 0.1) is 11.6 Å². The number of hydrogen-bond donors (Lipinski definition) is 1. The molecule has 0 aliphatic heterocycles. The van der Waals surface area contributed by atoms with Gasteiger partial charge < -0.3 is 14.7 Å². The summed E-state index contributed by atoms with van der Waals surface area (Å²) in [5.41, 5.74) is 0.804. The first-order valence-electron chi connectivity index (χ1n) is 6.43. The largest absolute Gasteiger partial charge is 0.503 e. The molecule has 0 atom stereocenters. The van der Waals surface area contributed by atoms with Crippen molar-refractivity contribution in [3.05, 3.63) is 22.7 Å². The zero-order valence-corrected chi connectivity index (χ0v) is 13.2. The average Bonchev–Trinajstić information content (AvgIpc) is 2.41. The fraction of sp³-hybridized carbons (Fsp3) is 0.500. The fourth-order valence-corrected chi connectivity index (χ4v) is 2.12. The maximum atomic E-state index is 11.8. The first kappa shape index (κ1) is 16.9. The Kier molecular flexibility index (Phi) is 6.96. The summed E-state index contributed by atoms with van der Waals surface area (Å²) >= 11 is 11.5. The summed E-state index contributed by atoms with van der Waals surface area (Å²) in [5, 5.41) is 9.98. The van der Waals surface area contributed by atoms with Crippen molar-refractivity contribution in [2.75, 3.05) is 19.5 Å². The van der Waals surface area contributed by atoms with Gasteiger partial charge in [-0.15, -0.1) is 11.6 Å². The molecule has 4 nitrogen and oxygen atoms in total. The second-order valence-electron chi connectivity index (χ2n) is 4.40. The number of carbonyl (C=O) groups excluding carboxylic acids is 1. The van der Waals surface area contributed by atoms with Crippen molar-refractivity contribution in [2.45, 2.75) is 26.3 Å². The van der Waals surface area contributed by atoms with Crippen LogP contribution in [0.25, 0.3) is 0 Å². The van der Waals surface area contributed by atoms with E-state index in [2.05, 4.69) is 0 Å². The molecule has 0 aliphatic carbocycles. The highest BCUT2D eigenvalue weighted by molar-refractivity contribution is 6.32. The molecule has 0 heterocycles. The minimum atomic E-state index is -0.0756. The van der Waals surface area contributed by atoms with E-state index in [-0.39, 0.29) is 16.7 Å². The molecule has 0 radical (unpaired) electrons. The predicted molar refractivity (Wildman–Crippen MR) is 80.7 cm³/mol. The van der Waals surface area contributed by atoms with Gasteiger partial charge in [0.25, 0.3) is 0 Å². The monoisotopic (exact) mass is 319 g/mol. The molecular weight excluding hydrogens is 301 g/mol. The van der Waals surface area contributed by atoms with Gasteiger partial charge in [0.15, 0.2) is 11.5 Å². The Hall–Kier alpha value is -1.13. The van der Waals surface area contributed by atoms with E-state index >= 15 is 0 Å². The van der Waals surface area contributed by atoms with Crippen molar-refractivity contribution in [1.82, 2.24) is 4.90 Å². The number of alkyl halides is 1. The number of amides is 1. The van der Waals surface area contributed by atoms with Gasteiger partial charge in [-0.3, -0.25) is 4.79 Å². The smallest absolute Gasteiger partial charge is 0.222 e. The van der Waals surface area contributed by atoms with Crippen LogP contribution in [-0.2, 0) is 11.3 Å². The zero-order valence-electron chi connectivity index (χ0n) is 11.7. The normalized spacial score (nSPS) is 10.4. The fourth-order valence-electron chi connectivity index (χ4n) is 1.75. The van der Waals surface area contributed by atoms with E-state index in [4.69, 9.17) is 27.9 Å². The molecule has 112 valence electrons. The standard InChI is InChI=1S/C14H19Cl2NO3/c1-3-20-12-8-10(7-11(16)14(12)19)9-17(2)13(18)5-4-6-15/h7-8,19H,3-6,9H2,1-2H3. The summed E-state index contributed by atoms with van der Waals surface area (Å²) in [6.45, 7) is 2.65. The van der Waals surface area contributed by atoms with E-state index in [0.717, 1.165) is 5.56 Å². The van der Waals surface area contributed by atoms with Gasteiger partial charge in [-0.1, -0.05) is 11.6 Å². The molecule has 20 heavy (non-hydrogen) atoms. The van der Waals surface area contributed by atoms with Crippen LogP contribution in [0, 0.1) is 0 Å². The Morgan fingerprint density at radius 2 is 2.15 bits per heavy atom. The Morgan fingerprint density at radius 1 is 1.45 bits per heavy atom. The quantitative estimate of drug-likeness (QED) is 0.783. The summed E-state index contributed by atoms with van der Waals surface area (Å²) < 4.78 is 5.31. The highest BCUT2D eigenvalue weighted by Crippen LogP contribution is 2.35. The SMILES string of the molecule is CCOc1cc(CN(C)C(=O)CCCCl)cc(Cl)c1O. The van der Waals surface area contributed by atoms with Crippen molar-refractivity contribution >= 4 is 29.1 Å². The molecule has 6 heteroatoms. The summed E-state index contributed by atoms with van der Waals surface area (Å²) in [6.07, 6.45) is 1.08. The molecule has 1 aromatic rings. The zero-order chi connectivity index (χ0) is 15.1. The van der Waals surface area contributed by atoms with Gasteiger partial charge in [-0.25, -0.2) is 0 Å². The van der Waals surface area contributed by atoms with Crippen LogP contribution in [0.4, 0.5) is 0 Å². The lowest BCUT2D eigenvalue weighted by Gasteiger charge is -2.18. The van der Waals surface area contributed by atoms with E-state index in [1.807, 2.05) is 6.92 Å². The molecule has 0 spiro atoms. The maximum absolute atomic E-state index is 11.8. The van der Waals surface area contributed by atoms with E-state index in [1.54, 1.807) is 24.1 Å². The second-order valence-corrected chi connectivity index (χ2v) is 5.18. The summed E-state index contributed by atoms with van der Waals surface area (Å²) in [5.74, 6) is 0.747. The van der Waals surface area contributed by atoms with Crippen LogP contribution in [0.5, 0.6) is 11.5 Å². The molecule has 0 saturated heterocycles. The molecule has 1 N–H and O–H groups in total. The first-order chi connectivity index (χ1) is 9.49. The van der Waals surface area contributed by atoms with E-state index in [1.165, 1.54) is 0 Å². The second kappa shape index (κ2) is 8.22. The molecule has 1 rings (SSSR count). The minimum Gasteiger partial charge on any atom is -0.503 e.